The summed E-state index contributed by atoms with van der Waals surface area (Å²) in [6.45, 7) is 0.174. The molecule has 84 valence electrons. The van der Waals surface area contributed by atoms with Gasteiger partial charge in [0.25, 0.3) is 11.7 Å². The summed E-state index contributed by atoms with van der Waals surface area (Å²) in [5.74, 6) is -0.216. The van der Waals surface area contributed by atoms with Crippen molar-refractivity contribution in [3.8, 4) is 0 Å². The van der Waals surface area contributed by atoms with Crippen LogP contribution in [-0.2, 0) is 4.79 Å². The Morgan fingerprint density at radius 2 is 2.12 bits per heavy atom. The molecular weight excluding hydrogens is 226 g/mol. The number of thioether (sulfide) groups is 1. The SMILES string of the molecule is O=C1Nc2cc(SCCCO)ccc2C1=O. The van der Waals surface area contributed by atoms with Gasteiger partial charge in [-0.05, 0) is 24.6 Å². The second-order valence-corrected chi connectivity index (χ2v) is 4.58. The van der Waals surface area contributed by atoms with E-state index in [1.54, 1.807) is 23.9 Å². The molecule has 0 radical (unpaired) electrons. The van der Waals surface area contributed by atoms with Crippen LogP contribution in [0.2, 0.25) is 0 Å². The lowest BCUT2D eigenvalue weighted by Crippen LogP contribution is -2.12. The van der Waals surface area contributed by atoms with E-state index >= 15 is 0 Å². The molecule has 16 heavy (non-hydrogen) atoms. The first-order chi connectivity index (χ1) is 7.72. The highest BCUT2D eigenvalue weighted by Gasteiger charge is 2.27. The van der Waals surface area contributed by atoms with Gasteiger partial charge in [-0.1, -0.05) is 0 Å². The summed E-state index contributed by atoms with van der Waals surface area (Å²) in [5, 5.41) is 11.2. The highest BCUT2D eigenvalue weighted by atomic mass is 32.2. The van der Waals surface area contributed by atoms with Crippen LogP contribution in [0.25, 0.3) is 0 Å². The lowest BCUT2D eigenvalue weighted by molar-refractivity contribution is -0.112. The first kappa shape index (κ1) is 11.2. The number of anilines is 1. The van der Waals surface area contributed by atoms with Crippen molar-refractivity contribution in [1.29, 1.82) is 0 Å². The molecule has 0 saturated carbocycles. The molecule has 2 rings (SSSR count). The summed E-state index contributed by atoms with van der Waals surface area (Å²) in [6.07, 6.45) is 0.729. The average Bonchev–Trinajstić information content (AvgIpc) is 2.55. The number of benzene rings is 1. The van der Waals surface area contributed by atoms with Gasteiger partial charge in [0.05, 0.1) is 11.3 Å². The number of nitrogens with one attached hydrogen (secondary N) is 1. The van der Waals surface area contributed by atoms with Gasteiger partial charge in [-0.2, -0.15) is 0 Å². The molecule has 1 aliphatic heterocycles. The van der Waals surface area contributed by atoms with Gasteiger partial charge < -0.3 is 10.4 Å². The maximum atomic E-state index is 11.3. The number of carbonyl (C=O) groups excluding carboxylic acids is 2. The van der Waals surface area contributed by atoms with Crippen LogP contribution in [0.3, 0.4) is 0 Å². The predicted octanol–water partition coefficient (Wildman–Crippen LogP) is 1.30. The van der Waals surface area contributed by atoms with Gasteiger partial charge in [-0.25, -0.2) is 0 Å². The Kier molecular flexibility index (Phi) is 3.26. The highest BCUT2D eigenvalue weighted by molar-refractivity contribution is 7.99. The standard InChI is InChI=1S/C11H11NO3S/c13-4-1-5-16-7-2-3-8-9(6-7)12-11(15)10(8)14/h2-3,6,13H,1,4-5H2,(H,12,14,15). The van der Waals surface area contributed by atoms with Crippen LogP contribution in [0.5, 0.6) is 0 Å². The number of amides is 1. The van der Waals surface area contributed by atoms with Crippen molar-refractivity contribution in [3.05, 3.63) is 23.8 Å². The fraction of sp³-hybridized carbons (Fsp3) is 0.273. The number of fused-ring (bicyclic) bond motifs is 1. The average molecular weight is 237 g/mol. The number of aliphatic hydroxyl groups excluding tert-OH is 1. The van der Waals surface area contributed by atoms with Crippen molar-refractivity contribution in [2.75, 3.05) is 17.7 Å². The number of hydrogen-bond acceptors (Lipinski definition) is 4. The molecule has 0 spiro atoms. The molecule has 0 aromatic heterocycles. The fourth-order valence-electron chi connectivity index (χ4n) is 1.47. The molecule has 0 bridgehead atoms. The van der Waals surface area contributed by atoms with Gasteiger partial charge in [-0.15, -0.1) is 11.8 Å². The third-order valence-electron chi connectivity index (χ3n) is 2.26. The Morgan fingerprint density at radius 1 is 1.31 bits per heavy atom. The van der Waals surface area contributed by atoms with Crippen LogP contribution in [0, 0.1) is 0 Å². The lowest BCUT2D eigenvalue weighted by Gasteiger charge is -2.02. The summed E-state index contributed by atoms with van der Waals surface area (Å²) >= 11 is 1.59. The maximum Gasteiger partial charge on any atom is 0.296 e. The monoisotopic (exact) mass is 237 g/mol. The van der Waals surface area contributed by atoms with E-state index in [2.05, 4.69) is 5.32 Å². The molecule has 0 saturated heterocycles. The number of carbonyl (C=O) groups is 2. The Morgan fingerprint density at radius 3 is 2.88 bits per heavy atom. The molecule has 1 heterocycles. The van der Waals surface area contributed by atoms with E-state index in [1.165, 1.54) is 0 Å². The van der Waals surface area contributed by atoms with E-state index in [-0.39, 0.29) is 6.61 Å². The van der Waals surface area contributed by atoms with Crippen molar-refractivity contribution >= 4 is 29.1 Å². The predicted molar refractivity (Wildman–Crippen MR) is 61.8 cm³/mol. The van der Waals surface area contributed by atoms with Gasteiger partial charge in [0.1, 0.15) is 0 Å². The Balaban J connectivity index is 2.12. The van der Waals surface area contributed by atoms with Crippen LogP contribution >= 0.6 is 11.8 Å². The molecule has 4 nitrogen and oxygen atoms in total. The van der Waals surface area contributed by atoms with Crippen molar-refractivity contribution in [1.82, 2.24) is 0 Å². The molecule has 2 N–H and O–H groups in total. The van der Waals surface area contributed by atoms with Gasteiger partial charge in [0, 0.05) is 17.3 Å². The molecule has 5 heteroatoms. The maximum absolute atomic E-state index is 11.3. The molecule has 1 aromatic rings. The fourth-order valence-corrected chi connectivity index (χ4v) is 2.35. The second-order valence-electron chi connectivity index (χ2n) is 3.42. The van der Waals surface area contributed by atoms with Crippen LogP contribution in [0.15, 0.2) is 23.1 Å². The quantitative estimate of drug-likeness (QED) is 0.470. The normalized spacial score (nSPS) is 13.8. The zero-order chi connectivity index (χ0) is 11.5. The van der Waals surface area contributed by atoms with Crippen LogP contribution < -0.4 is 5.32 Å². The van der Waals surface area contributed by atoms with E-state index in [9.17, 15) is 9.59 Å². The minimum atomic E-state index is -0.562. The molecular formula is C11H11NO3S. The van der Waals surface area contributed by atoms with Crippen LogP contribution in [0.1, 0.15) is 16.8 Å². The van der Waals surface area contributed by atoms with Crippen LogP contribution in [0.4, 0.5) is 5.69 Å². The Bertz CT molecular complexity index is 445. The molecule has 0 atom stereocenters. The molecule has 1 amide bonds. The molecule has 0 unspecified atom stereocenters. The first-order valence-electron chi connectivity index (χ1n) is 4.96. The number of Topliss-reactive ketones (excluding diaryl/α,β-unsaturated/α-hetero) is 1. The largest absolute Gasteiger partial charge is 0.396 e. The Hall–Kier alpha value is -1.33. The number of aliphatic hydroxyl groups is 1. The zero-order valence-electron chi connectivity index (χ0n) is 8.53. The van der Waals surface area contributed by atoms with Gasteiger partial charge in [0.15, 0.2) is 0 Å². The van der Waals surface area contributed by atoms with Crippen molar-refractivity contribution in [2.24, 2.45) is 0 Å². The number of rotatable bonds is 4. The highest BCUT2D eigenvalue weighted by Crippen LogP contribution is 2.29. The minimum absolute atomic E-state index is 0.174. The summed E-state index contributed by atoms with van der Waals surface area (Å²) in [6, 6.07) is 5.27. The van der Waals surface area contributed by atoms with E-state index < -0.39 is 11.7 Å². The van der Waals surface area contributed by atoms with Crippen LogP contribution in [-0.4, -0.2) is 29.2 Å². The summed E-state index contributed by atoms with van der Waals surface area (Å²) in [4.78, 5) is 23.4. The minimum Gasteiger partial charge on any atom is -0.396 e. The first-order valence-corrected chi connectivity index (χ1v) is 5.94. The van der Waals surface area contributed by atoms with Crippen molar-refractivity contribution in [2.45, 2.75) is 11.3 Å². The van der Waals surface area contributed by atoms with E-state index in [4.69, 9.17) is 5.11 Å². The number of ketones is 1. The third kappa shape index (κ3) is 2.10. The molecule has 1 aliphatic rings. The van der Waals surface area contributed by atoms with E-state index in [0.717, 1.165) is 17.1 Å². The topological polar surface area (TPSA) is 66.4 Å². The zero-order valence-corrected chi connectivity index (χ0v) is 9.34. The summed E-state index contributed by atoms with van der Waals surface area (Å²) in [7, 11) is 0. The van der Waals surface area contributed by atoms with Gasteiger partial charge in [-0.3, -0.25) is 9.59 Å². The Labute approximate surface area is 97.0 Å². The number of hydrogen-bond donors (Lipinski definition) is 2. The van der Waals surface area contributed by atoms with E-state index in [1.807, 2.05) is 6.07 Å². The molecule has 1 aromatic carbocycles. The van der Waals surface area contributed by atoms with Crippen molar-refractivity contribution < 1.29 is 14.7 Å². The molecule has 0 aliphatic carbocycles. The van der Waals surface area contributed by atoms with Gasteiger partial charge >= 0.3 is 0 Å². The van der Waals surface area contributed by atoms with Gasteiger partial charge in [0.2, 0.25) is 0 Å². The summed E-state index contributed by atoms with van der Waals surface area (Å²) in [5.41, 5.74) is 1.03. The smallest absolute Gasteiger partial charge is 0.296 e. The summed E-state index contributed by atoms with van der Waals surface area (Å²) < 4.78 is 0. The third-order valence-corrected chi connectivity index (χ3v) is 3.34. The molecule has 0 fully saturated rings. The lowest BCUT2D eigenvalue weighted by atomic mass is 10.1. The van der Waals surface area contributed by atoms with E-state index in [0.29, 0.717) is 11.3 Å². The van der Waals surface area contributed by atoms with Crippen molar-refractivity contribution in [3.63, 3.8) is 0 Å². The second kappa shape index (κ2) is 4.67.